The number of benzene rings is 1. The average Bonchev–Trinajstić information content (AvgIpc) is 3.09. The van der Waals surface area contributed by atoms with Gasteiger partial charge in [-0.3, -0.25) is 4.79 Å². The fourth-order valence-electron chi connectivity index (χ4n) is 3.59. The third-order valence-corrected chi connectivity index (χ3v) is 4.91. The van der Waals surface area contributed by atoms with Crippen LogP contribution in [-0.2, 0) is 4.79 Å². The molecule has 0 aromatic heterocycles. The van der Waals surface area contributed by atoms with Crippen LogP contribution in [0.4, 0.5) is 11.4 Å². The Hall–Kier alpha value is -1.55. The van der Waals surface area contributed by atoms with Crippen LogP contribution in [0.3, 0.4) is 0 Å². The molecule has 2 aliphatic rings. The van der Waals surface area contributed by atoms with Gasteiger partial charge in [0.05, 0.1) is 6.04 Å². The van der Waals surface area contributed by atoms with Gasteiger partial charge in [0.15, 0.2) is 6.54 Å². The molecule has 0 bridgehead atoms. The lowest BCUT2D eigenvalue weighted by molar-refractivity contribution is -0.681. The zero-order chi connectivity index (χ0) is 15.2. The zero-order valence-corrected chi connectivity index (χ0v) is 13.4. The molecule has 1 aliphatic carbocycles. The van der Waals surface area contributed by atoms with E-state index in [0.717, 1.165) is 18.8 Å². The molecular formula is C18H28N3O+. The fraction of sp³-hybridized carbons (Fsp3) is 0.611. The highest BCUT2D eigenvalue weighted by molar-refractivity contribution is 5.91. The van der Waals surface area contributed by atoms with Gasteiger partial charge in [-0.05, 0) is 62.8 Å². The fourth-order valence-corrected chi connectivity index (χ4v) is 3.59. The molecule has 0 atom stereocenters. The van der Waals surface area contributed by atoms with Gasteiger partial charge in [0.2, 0.25) is 0 Å². The van der Waals surface area contributed by atoms with Crippen LogP contribution in [0.15, 0.2) is 24.3 Å². The number of carbonyl (C=O) groups excluding carboxylic acids is 1. The van der Waals surface area contributed by atoms with Crippen molar-refractivity contribution in [3.8, 4) is 0 Å². The van der Waals surface area contributed by atoms with Crippen molar-refractivity contribution in [2.75, 3.05) is 29.9 Å². The molecule has 22 heavy (non-hydrogen) atoms. The number of anilines is 2. The number of carbonyl (C=O) groups is 1. The van der Waals surface area contributed by atoms with Crippen molar-refractivity contribution in [1.29, 1.82) is 0 Å². The van der Waals surface area contributed by atoms with Gasteiger partial charge in [0, 0.05) is 24.5 Å². The van der Waals surface area contributed by atoms with Gasteiger partial charge < -0.3 is 15.5 Å². The normalized spacial score (nSPS) is 19.4. The number of nitrogens with two attached hydrogens (primary N) is 1. The quantitative estimate of drug-likeness (QED) is 0.875. The summed E-state index contributed by atoms with van der Waals surface area (Å²) in [5, 5.41) is 5.23. The van der Waals surface area contributed by atoms with Gasteiger partial charge >= 0.3 is 0 Å². The highest BCUT2D eigenvalue weighted by Gasteiger charge is 2.17. The third-order valence-electron chi connectivity index (χ3n) is 4.91. The summed E-state index contributed by atoms with van der Waals surface area (Å²) in [5.41, 5.74) is 2.18. The Balaban J connectivity index is 1.44. The first-order valence-electron chi connectivity index (χ1n) is 8.79. The molecule has 0 radical (unpaired) electrons. The monoisotopic (exact) mass is 302 g/mol. The van der Waals surface area contributed by atoms with Crippen LogP contribution >= 0.6 is 0 Å². The lowest BCUT2D eigenvalue weighted by Crippen LogP contribution is -2.91. The molecule has 1 aromatic carbocycles. The van der Waals surface area contributed by atoms with E-state index < -0.39 is 0 Å². The lowest BCUT2D eigenvalue weighted by Gasteiger charge is -2.19. The van der Waals surface area contributed by atoms with E-state index >= 15 is 0 Å². The van der Waals surface area contributed by atoms with Crippen LogP contribution in [0.2, 0.25) is 0 Å². The molecule has 0 spiro atoms. The Morgan fingerprint density at radius 2 is 1.73 bits per heavy atom. The van der Waals surface area contributed by atoms with Gasteiger partial charge in [-0.15, -0.1) is 0 Å². The van der Waals surface area contributed by atoms with Crippen LogP contribution < -0.4 is 15.5 Å². The maximum absolute atomic E-state index is 12.0. The van der Waals surface area contributed by atoms with Gasteiger partial charge in [-0.2, -0.15) is 0 Å². The van der Waals surface area contributed by atoms with Gasteiger partial charge in [-0.1, -0.05) is 6.42 Å². The van der Waals surface area contributed by atoms with Crippen LogP contribution in [0.5, 0.6) is 0 Å². The van der Waals surface area contributed by atoms with Gasteiger partial charge in [0.1, 0.15) is 0 Å². The molecule has 1 amide bonds. The first kappa shape index (κ1) is 15.3. The minimum atomic E-state index is 0.111. The molecule has 3 N–H and O–H groups in total. The van der Waals surface area contributed by atoms with Crippen molar-refractivity contribution < 1.29 is 10.1 Å². The first-order valence-corrected chi connectivity index (χ1v) is 8.79. The van der Waals surface area contributed by atoms with E-state index in [-0.39, 0.29) is 5.91 Å². The summed E-state index contributed by atoms with van der Waals surface area (Å²) in [5.74, 6) is 0.111. The minimum absolute atomic E-state index is 0.111. The number of quaternary nitrogens is 1. The predicted molar refractivity (Wildman–Crippen MR) is 90.2 cm³/mol. The highest BCUT2D eigenvalue weighted by atomic mass is 16.1. The number of hydrogen-bond acceptors (Lipinski definition) is 2. The second kappa shape index (κ2) is 7.63. The molecule has 1 saturated carbocycles. The average molecular weight is 302 g/mol. The van der Waals surface area contributed by atoms with E-state index in [0.29, 0.717) is 12.6 Å². The molecule has 0 unspecified atom stereocenters. The van der Waals surface area contributed by atoms with Crippen LogP contribution in [0.25, 0.3) is 0 Å². The summed E-state index contributed by atoms with van der Waals surface area (Å²) in [6.45, 7) is 2.85. The Morgan fingerprint density at radius 3 is 2.41 bits per heavy atom. The Labute approximate surface area is 133 Å². The summed E-state index contributed by atoms with van der Waals surface area (Å²) in [6, 6.07) is 8.92. The predicted octanol–water partition coefficient (Wildman–Crippen LogP) is 2.12. The topological polar surface area (TPSA) is 49.0 Å². The second-order valence-corrected chi connectivity index (χ2v) is 6.63. The molecule has 3 rings (SSSR count). The van der Waals surface area contributed by atoms with E-state index in [4.69, 9.17) is 0 Å². The summed E-state index contributed by atoms with van der Waals surface area (Å²) < 4.78 is 0. The first-order chi connectivity index (χ1) is 10.8. The van der Waals surface area contributed by atoms with E-state index in [2.05, 4.69) is 27.7 Å². The smallest absolute Gasteiger partial charge is 0.279 e. The van der Waals surface area contributed by atoms with Crippen molar-refractivity contribution in [3.63, 3.8) is 0 Å². The van der Waals surface area contributed by atoms with Crippen LogP contribution in [0.1, 0.15) is 44.9 Å². The molecule has 1 aromatic rings. The molecule has 4 heteroatoms. The summed E-state index contributed by atoms with van der Waals surface area (Å²) >= 11 is 0. The van der Waals surface area contributed by atoms with E-state index in [1.807, 2.05) is 12.1 Å². The molecule has 1 aliphatic heterocycles. The van der Waals surface area contributed by atoms with E-state index in [9.17, 15) is 4.79 Å². The Kier molecular flexibility index (Phi) is 5.33. The standard InChI is InChI=1S/C18H27N3O/c22-18(14-19-15-6-2-1-3-7-15)20-16-8-10-17(11-9-16)21-12-4-5-13-21/h8-11,15,19H,1-7,12-14H2,(H,20,22)/p+1. The molecular weight excluding hydrogens is 274 g/mol. The largest absolute Gasteiger partial charge is 0.372 e. The van der Waals surface area contributed by atoms with Crippen LogP contribution in [-0.4, -0.2) is 31.6 Å². The van der Waals surface area contributed by atoms with Gasteiger partial charge in [-0.25, -0.2) is 0 Å². The maximum Gasteiger partial charge on any atom is 0.279 e. The van der Waals surface area contributed by atoms with E-state index in [1.54, 1.807) is 0 Å². The third kappa shape index (κ3) is 4.23. The molecule has 4 nitrogen and oxygen atoms in total. The lowest BCUT2D eigenvalue weighted by atomic mass is 9.95. The van der Waals surface area contributed by atoms with Gasteiger partial charge in [0.25, 0.3) is 5.91 Å². The highest BCUT2D eigenvalue weighted by Crippen LogP contribution is 2.21. The zero-order valence-electron chi connectivity index (χ0n) is 13.4. The maximum atomic E-state index is 12.0. The summed E-state index contributed by atoms with van der Waals surface area (Å²) in [4.78, 5) is 14.4. The van der Waals surface area contributed by atoms with Crippen molar-refractivity contribution in [2.24, 2.45) is 0 Å². The second-order valence-electron chi connectivity index (χ2n) is 6.63. The molecule has 1 saturated heterocycles. The number of nitrogens with zero attached hydrogens (tertiary/aromatic N) is 1. The molecule has 120 valence electrons. The summed E-state index contributed by atoms with van der Waals surface area (Å²) in [6.07, 6.45) is 9.10. The molecule has 1 heterocycles. The van der Waals surface area contributed by atoms with Crippen molar-refractivity contribution in [2.45, 2.75) is 51.0 Å². The number of amides is 1. The number of rotatable bonds is 5. The Bertz CT molecular complexity index is 474. The van der Waals surface area contributed by atoms with Crippen molar-refractivity contribution in [3.05, 3.63) is 24.3 Å². The number of nitrogens with one attached hydrogen (secondary N) is 1. The molecule has 2 fully saturated rings. The van der Waals surface area contributed by atoms with Crippen LogP contribution in [0, 0.1) is 0 Å². The Morgan fingerprint density at radius 1 is 1.05 bits per heavy atom. The summed E-state index contributed by atoms with van der Waals surface area (Å²) in [7, 11) is 0. The van der Waals surface area contributed by atoms with E-state index in [1.165, 1.54) is 50.6 Å². The van der Waals surface area contributed by atoms with Crippen molar-refractivity contribution >= 4 is 17.3 Å². The minimum Gasteiger partial charge on any atom is -0.372 e. The van der Waals surface area contributed by atoms with Crippen molar-refractivity contribution in [1.82, 2.24) is 0 Å². The SMILES string of the molecule is O=C(C[NH2+]C1CCCCC1)Nc1ccc(N2CCCC2)cc1. The number of hydrogen-bond donors (Lipinski definition) is 2.